The van der Waals surface area contributed by atoms with Crippen LogP contribution in [0.5, 0.6) is 5.88 Å². The van der Waals surface area contributed by atoms with E-state index in [0.29, 0.717) is 22.2 Å². The Hall–Kier alpha value is -1.76. The van der Waals surface area contributed by atoms with Crippen LogP contribution in [0.1, 0.15) is 19.8 Å². The van der Waals surface area contributed by atoms with Crippen molar-refractivity contribution in [3.8, 4) is 11.7 Å². The van der Waals surface area contributed by atoms with E-state index < -0.39 is 0 Å². The molecule has 0 atom stereocenters. The molecular weight excluding hydrogens is 274 g/mol. The second kappa shape index (κ2) is 6.13. The lowest BCUT2D eigenvalue weighted by Gasteiger charge is -2.25. The molecule has 7 heteroatoms. The second-order valence-electron chi connectivity index (χ2n) is 4.55. The van der Waals surface area contributed by atoms with Crippen LogP contribution < -0.4 is 4.74 Å². The fourth-order valence-corrected chi connectivity index (χ4v) is 3.99. The van der Waals surface area contributed by atoms with E-state index in [-0.39, 0.29) is 6.10 Å². The number of hydrogen-bond acceptors (Lipinski definition) is 5. The molecular formula is C13H17N5OS. The van der Waals surface area contributed by atoms with Crippen molar-refractivity contribution in [2.24, 2.45) is 0 Å². The van der Waals surface area contributed by atoms with Gasteiger partial charge in [-0.05, 0) is 31.3 Å². The third-order valence-corrected chi connectivity index (χ3v) is 5.49. The van der Waals surface area contributed by atoms with Crippen LogP contribution >= 0.6 is 10.5 Å². The minimum atomic E-state index is 0.261. The summed E-state index contributed by atoms with van der Waals surface area (Å²) in [5, 5.41) is 6.38. The van der Waals surface area contributed by atoms with Crippen LogP contribution in [0.3, 0.4) is 0 Å². The number of hydrogen-bond donors (Lipinski definition) is 0. The van der Waals surface area contributed by atoms with Gasteiger partial charge in [-0.3, -0.25) is 0 Å². The van der Waals surface area contributed by atoms with Crippen molar-refractivity contribution >= 4 is 15.9 Å². The summed E-state index contributed by atoms with van der Waals surface area (Å²) in [5.74, 6) is 3.73. The van der Waals surface area contributed by atoms with Crippen molar-refractivity contribution in [1.29, 1.82) is 0 Å². The molecule has 0 bridgehead atoms. The average Bonchev–Trinajstić information content (AvgIpc) is 3.03. The van der Waals surface area contributed by atoms with Crippen LogP contribution in [-0.2, 0) is 0 Å². The quantitative estimate of drug-likeness (QED) is 0.805. The molecule has 3 rings (SSSR count). The molecule has 1 aliphatic heterocycles. The Kier molecular flexibility index (Phi) is 4.05. The Balaban J connectivity index is 1.68. The number of nitrogens with zero attached hydrogens (tertiary/aromatic N) is 5. The maximum absolute atomic E-state index is 5.96. The highest BCUT2D eigenvalue weighted by molar-refractivity contribution is 8.15. The lowest BCUT2D eigenvalue weighted by atomic mass is 10.2. The molecule has 106 valence electrons. The van der Waals surface area contributed by atoms with E-state index in [9.17, 15) is 0 Å². The van der Waals surface area contributed by atoms with E-state index >= 15 is 0 Å². The van der Waals surface area contributed by atoms with E-state index in [1.54, 1.807) is 17.1 Å². The Morgan fingerprint density at radius 2 is 2.15 bits per heavy atom. The molecule has 0 spiro atoms. The summed E-state index contributed by atoms with van der Waals surface area (Å²) in [6.45, 7) is 2.15. The largest absolute Gasteiger partial charge is 0.474 e. The summed E-state index contributed by atoms with van der Waals surface area (Å²) in [4.78, 5) is 12.3. The van der Waals surface area contributed by atoms with Gasteiger partial charge in [0.2, 0.25) is 5.88 Å². The summed E-state index contributed by atoms with van der Waals surface area (Å²) >= 11 is 0. The van der Waals surface area contributed by atoms with Gasteiger partial charge in [-0.15, -0.1) is 0 Å². The van der Waals surface area contributed by atoms with Crippen molar-refractivity contribution in [1.82, 2.24) is 24.7 Å². The summed E-state index contributed by atoms with van der Waals surface area (Å²) < 4.78 is 7.56. The van der Waals surface area contributed by atoms with Crippen molar-refractivity contribution in [3.05, 3.63) is 25.0 Å². The van der Waals surface area contributed by atoms with Crippen LogP contribution in [0.15, 0.2) is 25.0 Å². The number of aromatic nitrogens is 5. The predicted octanol–water partition coefficient (Wildman–Crippen LogP) is 1.69. The Morgan fingerprint density at radius 3 is 2.85 bits per heavy atom. The molecule has 0 unspecified atom stereocenters. The molecule has 1 fully saturated rings. The van der Waals surface area contributed by atoms with Crippen molar-refractivity contribution in [3.63, 3.8) is 0 Å². The van der Waals surface area contributed by atoms with Gasteiger partial charge in [-0.25, -0.2) is 19.6 Å². The maximum Gasteiger partial charge on any atom is 0.218 e. The van der Waals surface area contributed by atoms with Gasteiger partial charge < -0.3 is 4.74 Å². The fraction of sp³-hybridized carbons (Fsp3) is 0.462. The predicted molar refractivity (Wildman–Crippen MR) is 79.7 cm³/mol. The lowest BCUT2D eigenvalue weighted by molar-refractivity contribution is 0.184. The Morgan fingerprint density at radius 1 is 1.30 bits per heavy atom. The molecule has 2 aromatic heterocycles. The van der Waals surface area contributed by atoms with E-state index in [0.717, 1.165) is 12.8 Å². The fourth-order valence-electron chi connectivity index (χ4n) is 2.18. The zero-order valence-electron chi connectivity index (χ0n) is 11.3. The first-order chi connectivity index (χ1) is 9.85. The first-order valence-electron chi connectivity index (χ1n) is 6.64. The minimum absolute atomic E-state index is 0.261. The van der Waals surface area contributed by atoms with Crippen molar-refractivity contribution < 1.29 is 4.74 Å². The number of rotatable bonds is 3. The van der Waals surface area contributed by atoms with Gasteiger partial charge in [0.1, 0.15) is 25.1 Å². The standard InChI is InChI=1S/C13H17N5OS/c1-2-20-5-3-11(4-6-20)19-13-7-12(15-9-16-13)18-10-14-8-17-18/h2,7-11H,3-6H2,1H3. The van der Waals surface area contributed by atoms with E-state index in [2.05, 4.69) is 32.3 Å². The second-order valence-corrected chi connectivity index (χ2v) is 6.92. The Labute approximate surface area is 120 Å². The molecule has 0 amide bonds. The van der Waals surface area contributed by atoms with Crippen LogP contribution in [0, 0.1) is 0 Å². The molecule has 3 heterocycles. The summed E-state index contributed by atoms with van der Waals surface area (Å²) in [6, 6.07) is 1.80. The van der Waals surface area contributed by atoms with Crippen molar-refractivity contribution in [2.75, 3.05) is 11.5 Å². The molecule has 6 nitrogen and oxygen atoms in total. The lowest BCUT2D eigenvalue weighted by Crippen LogP contribution is -2.23. The number of ether oxygens (including phenoxy) is 1. The van der Waals surface area contributed by atoms with Gasteiger partial charge >= 0.3 is 0 Å². The molecule has 20 heavy (non-hydrogen) atoms. The SMILES string of the molecule is CC=S1CCC(Oc2cc(-n3cncn3)ncn2)CC1. The summed E-state index contributed by atoms with van der Waals surface area (Å²) in [5.41, 5.74) is 0. The minimum Gasteiger partial charge on any atom is -0.474 e. The van der Waals surface area contributed by atoms with Gasteiger partial charge in [0, 0.05) is 6.07 Å². The molecule has 0 saturated carbocycles. The third kappa shape index (κ3) is 3.04. The van der Waals surface area contributed by atoms with Gasteiger partial charge in [0.25, 0.3) is 0 Å². The highest BCUT2D eigenvalue weighted by atomic mass is 32.2. The molecule has 0 aliphatic carbocycles. The Bertz CT molecular complexity index is 589. The van der Waals surface area contributed by atoms with E-state index in [1.165, 1.54) is 24.2 Å². The first-order valence-corrected chi connectivity index (χ1v) is 8.27. The normalized spacial score (nSPS) is 22.4. The van der Waals surface area contributed by atoms with Gasteiger partial charge in [0.15, 0.2) is 5.82 Å². The van der Waals surface area contributed by atoms with Gasteiger partial charge in [-0.2, -0.15) is 15.6 Å². The first kappa shape index (κ1) is 13.2. The average molecular weight is 291 g/mol. The molecule has 0 radical (unpaired) electrons. The zero-order valence-corrected chi connectivity index (χ0v) is 12.2. The van der Waals surface area contributed by atoms with Crippen molar-refractivity contribution in [2.45, 2.75) is 25.9 Å². The summed E-state index contributed by atoms with van der Waals surface area (Å²) in [6.07, 6.45) is 7.03. The van der Waals surface area contributed by atoms with E-state index in [1.807, 2.05) is 0 Å². The third-order valence-electron chi connectivity index (χ3n) is 3.31. The molecule has 0 aromatic carbocycles. The smallest absolute Gasteiger partial charge is 0.218 e. The topological polar surface area (TPSA) is 65.7 Å². The molecule has 1 saturated heterocycles. The molecule has 2 aromatic rings. The molecule has 0 N–H and O–H groups in total. The maximum atomic E-state index is 5.96. The molecule has 1 aliphatic rings. The zero-order chi connectivity index (χ0) is 13.8. The highest BCUT2D eigenvalue weighted by Gasteiger charge is 2.17. The van der Waals surface area contributed by atoms with Gasteiger partial charge in [0.05, 0.1) is 0 Å². The monoisotopic (exact) mass is 291 g/mol. The highest BCUT2D eigenvalue weighted by Crippen LogP contribution is 2.26. The summed E-state index contributed by atoms with van der Waals surface area (Å²) in [7, 11) is 0.481. The van der Waals surface area contributed by atoms with E-state index in [4.69, 9.17) is 4.74 Å². The van der Waals surface area contributed by atoms with Crippen LogP contribution in [-0.4, -0.2) is 47.7 Å². The van der Waals surface area contributed by atoms with Crippen LogP contribution in [0.25, 0.3) is 5.82 Å². The van der Waals surface area contributed by atoms with Crippen LogP contribution in [0.4, 0.5) is 0 Å². The van der Waals surface area contributed by atoms with Crippen LogP contribution in [0.2, 0.25) is 0 Å². The van der Waals surface area contributed by atoms with Gasteiger partial charge in [-0.1, -0.05) is 5.37 Å².